The van der Waals surface area contributed by atoms with E-state index < -0.39 is 0 Å². The zero-order valence-electron chi connectivity index (χ0n) is 16.0. The quantitative estimate of drug-likeness (QED) is 0.616. The Morgan fingerprint density at radius 3 is 2.56 bits per heavy atom. The van der Waals surface area contributed by atoms with Crippen LogP contribution in [0.15, 0.2) is 4.99 Å². The summed E-state index contributed by atoms with van der Waals surface area (Å²) < 4.78 is 11.0. The van der Waals surface area contributed by atoms with Crippen LogP contribution in [-0.2, 0) is 9.47 Å². The van der Waals surface area contributed by atoms with E-state index in [2.05, 4.69) is 31.0 Å². The highest BCUT2D eigenvalue weighted by Crippen LogP contribution is 2.52. The highest BCUT2D eigenvalue weighted by atomic mass is 16.6. The van der Waals surface area contributed by atoms with E-state index in [0.717, 1.165) is 38.6 Å². The van der Waals surface area contributed by atoms with Crippen LogP contribution in [0.2, 0.25) is 0 Å². The molecule has 1 amide bonds. The van der Waals surface area contributed by atoms with E-state index in [1.807, 2.05) is 6.92 Å². The van der Waals surface area contributed by atoms with Crippen LogP contribution >= 0.6 is 0 Å². The van der Waals surface area contributed by atoms with E-state index >= 15 is 0 Å². The fourth-order valence-electron chi connectivity index (χ4n) is 4.46. The first kappa shape index (κ1) is 18.3. The van der Waals surface area contributed by atoms with Gasteiger partial charge in [-0.1, -0.05) is 13.8 Å². The van der Waals surface area contributed by atoms with Gasteiger partial charge < -0.3 is 24.6 Å². The Balaban J connectivity index is 1.59. The lowest BCUT2D eigenvalue weighted by molar-refractivity contribution is -0.107. The summed E-state index contributed by atoms with van der Waals surface area (Å²) in [6.07, 6.45) is 1.28. The van der Waals surface area contributed by atoms with E-state index in [1.54, 1.807) is 4.90 Å². The molecular formula is C18H32N4O3. The van der Waals surface area contributed by atoms with Gasteiger partial charge in [0.15, 0.2) is 5.96 Å². The van der Waals surface area contributed by atoms with Gasteiger partial charge in [-0.3, -0.25) is 4.99 Å². The smallest absolute Gasteiger partial charge is 0.409 e. The molecule has 3 aliphatic rings. The molecule has 3 fully saturated rings. The van der Waals surface area contributed by atoms with Crippen molar-refractivity contribution in [1.82, 2.24) is 15.1 Å². The maximum atomic E-state index is 11.9. The van der Waals surface area contributed by atoms with E-state index in [-0.39, 0.29) is 11.5 Å². The number of nitrogens with zero attached hydrogens (tertiary/aromatic N) is 3. The highest BCUT2D eigenvalue weighted by molar-refractivity contribution is 5.81. The number of fused-ring (bicyclic) bond motifs is 1. The summed E-state index contributed by atoms with van der Waals surface area (Å²) in [5, 5.41) is 3.72. The van der Waals surface area contributed by atoms with Crippen molar-refractivity contribution < 1.29 is 14.3 Å². The number of carbonyl (C=O) groups is 1. The fraction of sp³-hybridized carbons (Fsp3) is 0.889. The minimum absolute atomic E-state index is 0.127. The second-order valence-corrected chi connectivity index (χ2v) is 7.66. The number of ether oxygens (including phenoxy) is 2. The summed E-state index contributed by atoms with van der Waals surface area (Å²) in [5.74, 6) is 1.55. The number of guanidine groups is 1. The van der Waals surface area contributed by atoms with Gasteiger partial charge in [0.05, 0.1) is 12.7 Å². The van der Waals surface area contributed by atoms with Crippen molar-refractivity contribution in [3.63, 3.8) is 0 Å². The third-order valence-corrected chi connectivity index (χ3v) is 5.80. The maximum Gasteiger partial charge on any atom is 0.409 e. The van der Waals surface area contributed by atoms with Crippen molar-refractivity contribution >= 4 is 12.1 Å². The van der Waals surface area contributed by atoms with Crippen molar-refractivity contribution in [2.75, 3.05) is 45.9 Å². The molecule has 1 saturated carbocycles. The first-order valence-electron chi connectivity index (χ1n) is 9.58. The predicted octanol–water partition coefficient (Wildman–Crippen LogP) is 1.54. The Hall–Kier alpha value is -1.50. The summed E-state index contributed by atoms with van der Waals surface area (Å²) in [7, 11) is 0. The molecule has 7 heteroatoms. The van der Waals surface area contributed by atoms with Crippen LogP contribution < -0.4 is 5.32 Å². The van der Waals surface area contributed by atoms with Crippen molar-refractivity contribution in [3.05, 3.63) is 0 Å². The average Bonchev–Trinajstić information content (AvgIpc) is 3.06. The van der Waals surface area contributed by atoms with Gasteiger partial charge in [-0.15, -0.1) is 0 Å². The topological polar surface area (TPSA) is 66.4 Å². The zero-order chi connectivity index (χ0) is 18.0. The number of nitrogens with one attached hydrogen (secondary N) is 1. The van der Waals surface area contributed by atoms with Crippen LogP contribution in [0.3, 0.4) is 0 Å². The van der Waals surface area contributed by atoms with E-state index in [0.29, 0.717) is 37.8 Å². The van der Waals surface area contributed by atoms with Gasteiger partial charge in [-0.05, 0) is 20.3 Å². The van der Waals surface area contributed by atoms with Gasteiger partial charge >= 0.3 is 6.09 Å². The molecule has 1 N–H and O–H groups in total. The van der Waals surface area contributed by atoms with Crippen molar-refractivity contribution in [1.29, 1.82) is 0 Å². The van der Waals surface area contributed by atoms with E-state index in [4.69, 9.17) is 14.5 Å². The Morgan fingerprint density at radius 1 is 1.24 bits per heavy atom. The summed E-state index contributed by atoms with van der Waals surface area (Å²) in [6.45, 7) is 13.4. The molecule has 1 aliphatic carbocycles. The maximum absolute atomic E-state index is 11.9. The van der Waals surface area contributed by atoms with Crippen molar-refractivity contribution in [2.45, 2.75) is 46.3 Å². The SMILES string of the molecule is CCN=C(NC1C2CCOC2C1(C)C)N1CCN(C(=O)OCC)CC1. The van der Waals surface area contributed by atoms with Crippen LogP contribution in [0.25, 0.3) is 0 Å². The second kappa shape index (κ2) is 7.40. The normalized spacial score (nSPS) is 31.4. The third kappa shape index (κ3) is 3.43. The van der Waals surface area contributed by atoms with Gasteiger partial charge in [0.2, 0.25) is 0 Å². The van der Waals surface area contributed by atoms with Gasteiger partial charge in [0.25, 0.3) is 0 Å². The van der Waals surface area contributed by atoms with E-state index in [1.165, 1.54) is 0 Å². The summed E-state index contributed by atoms with van der Waals surface area (Å²) in [4.78, 5) is 20.6. The zero-order valence-corrected chi connectivity index (χ0v) is 16.0. The van der Waals surface area contributed by atoms with Crippen molar-refractivity contribution in [2.24, 2.45) is 16.3 Å². The van der Waals surface area contributed by atoms with Crippen LogP contribution in [0, 0.1) is 11.3 Å². The molecule has 142 valence electrons. The number of amides is 1. The first-order valence-corrected chi connectivity index (χ1v) is 9.58. The molecule has 2 heterocycles. The molecular weight excluding hydrogens is 320 g/mol. The molecule has 3 rings (SSSR count). The number of piperazine rings is 1. The molecule has 2 saturated heterocycles. The summed E-state index contributed by atoms with van der Waals surface area (Å²) in [5.41, 5.74) is 0.127. The molecule has 2 aliphatic heterocycles. The molecule has 0 aromatic heterocycles. The number of hydrogen-bond donors (Lipinski definition) is 1. The van der Waals surface area contributed by atoms with Gasteiger partial charge in [0, 0.05) is 56.7 Å². The van der Waals surface area contributed by atoms with Crippen LogP contribution in [0.1, 0.15) is 34.1 Å². The van der Waals surface area contributed by atoms with Gasteiger partial charge in [-0.2, -0.15) is 0 Å². The number of rotatable bonds is 3. The fourth-order valence-corrected chi connectivity index (χ4v) is 4.46. The minimum Gasteiger partial charge on any atom is -0.450 e. The first-order chi connectivity index (χ1) is 12.0. The number of hydrogen-bond acceptors (Lipinski definition) is 4. The molecule has 7 nitrogen and oxygen atoms in total. The minimum atomic E-state index is -0.213. The Labute approximate surface area is 150 Å². The number of carbonyl (C=O) groups excluding carboxylic acids is 1. The van der Waals surface area contributed by atoms with Crippen LogP contribution in [-0.4, -0.2) is 79.9 Å². The number of aliphatic imine (C=N–C) groups is 1. The monoisotopic (exact) mass is 352 g/mol. The van der Waals surface area contributed by atoms with Gasteiger partial charge in [-0.25, -0.2) is 4.79 Å². The largest absolute Gasteiger partial charge is 0.450 e. The molecule has 3 unspecified atom stereocenters. The average molecular weight is 352 g/mol. The van der Waals surface area contributed by atoms with Crippen LogP contribution in [0.4, 0.5) is 4.79 Å². The Kier molecular flexibility index (Phi) is 5.41. The summed E-state index contributed by atoms with van der Waals surface area (Å²) in [6, 6.07) is 0.397. The molecule has 25 heavy (non-hydrogen) atoms. The lowest BCUT2D eigenvalue weighted by atomic mass is 9.57. The van der Waals surface area contributed by atoms with E-state index in [9.17, 15) is 4.79 Å². The second-order valence-electron chi connectivity index (χ2n) is 7.66. The van der Waals surface area contributed by atoms with Crippen LogP contribution in [0.5, 0.6) is 0 Å². The third-order valence-electron chi connectivity index (χ3n) is 5.80. The van der Waals surface area contributed by atoms with Gasteiger partial charge in [0.1, 0.15) is 0 Å². The lowest BCUT2D eigenvalue weighted by Gasteiger charge is -2.55. The molecule has 0 radical (unpaired) electrons. The molecule has 0 bridgehead atoms. The van der Waals surface area contributed by atoms with Crippen molar-refractivity contribution in [3.8, 4) is 0 Å². The predicted molar refractivity (Wildman–Crippen MR) is 96.7 cm³/mol. The highest BCUT2D eigenvalue weighted by Gasteiger charge is 2.59. The molecule has 0 aromatic rings. The summed E-state index contributed by atoms with van der Waals surface area (Å²) >= 11 is 0. The lowest BCUT2D eigenvalue weighted by Crippen LogP contribution is -2.68. The molecule has 3 atom stereocenters. The Morgan fingerprint density at radius 2 is 1.92 bits per heavy atom. The molecule has 0 aromatic carbocycles. The molecule has 0 spiro atoms. The standard InChI is InChI=1S/C18H32N4O3/c1-5-19-16(20-14-13-7-12-25-15(13)18(14,3)4)21-8-10-22(11-9-21)17(23)24-6-2/h13-15H,5-12H2,1-4H3,(H,19,20). The Bertz CT molecular complexity index is 514.